The van der Waals surface area contributed by atoms with Crippen molar-refractivity contribution in [1.82, 2.24) is 4.31 Å². The Kier molecular flexibility index (Phi) is 6.61. The van der Waals surface area contributed by atoms with Crippen LogP contribution in [0.5, 0.6) is 0 Å². The lowest BCUT2D eigenvalue weighted by Crippen LogP contribution is -2.43. The van der Waals surface area contributed by atoms with Crippen molar-refractivity contribution in [3.63, 3.8) is 0 Å². The van der Waals surface area contributed by atoms with E-state index in [9.17, 15) is 23.1 Å². The summed E-state index contributed by atoms with van der Waals surface area (Å²) in [4.78, 5) is 24.2. The first-order valence-corrected chi connectivity index (χ1v) is 10.1. The maximum Gasteiger partial charge on any atom is 0.347 e. The van der Waals surface area contributed by atoms with Crippen molar-refractivity contribution < 1.29 is 32.6 Å². The number of hydrogen-bond acceptors (Lipinski definition) is 7. The largest absolute Gasteiger partial charge is 0.466 e. The number of hydrogen-bond donors (Lipinski definition) is 1. The number of carbonyl (C=O) groups is 2. The number of β-amino-alcohol motifs (C(OH)–C–C–N with tert-alkyl or cyclic N) is 1. The van der Waals surface area contributed by atoms with Crippen LogP contribution in [0.2, 0.25) is 0 Å². The summed E-state index contributed by atoms with van der Waals surface area (Å²) in [5, 5.41) is 9.97. The molecule has 27 heavy (non-hydrogen) atoms. The molecule has 2 unspecified atom stereocenters. The molecule has 0 amide bonds. The molecule has 8 nitrogen and oxygen atoms in total. The molecule has 1 heterocycles. The van der Waals surface area contributed by atoms with Gasteiger partial charge in [0.05, 0.1) is 18.1 Å². The molecule has 0 bridgehead atoms. The molecule has 2 rings (SSSR count). The van der Waals surface area contributed by atoms with Gasteiger partial charge in [-0.1, -0.05) is 13.0 Å². The van der Waals surface area contributed by atoms with Gasteiger partial charge in [-0.3, -0.25) is 4.79 Å². The van der Waals surface area contributed by atoms with Gasteiger partial charge in [-0.05, 0) is 43.5 Å². The molecule has 0 radical (unpaired) electrons. The summed E-state index contributed by atoms with van der Waals surface area (Å²) in [6.45, 7) is 5.08. The summed E-state index contributed by atoms with van der Waals surface area (Å²) in [7, 11) is -2.84. The molecule has 1 fully saturated rings. The quantitative estimate of drug-likeness (QED) is 0.708. The van der Waals surface area contributed by atoms with Gasteiger partial charge in [-0.2, -0.15) is 4.31 Å². The van der Waals surface area contributed by atoms with E-state index in [0.29, 0.717) is 0 Å². The Balaban J connectivity index is 2.30. The number of carbonyl (C=O) groups excluding carboxylic acids is 2. The zero-order valence-corrected chi connectivity index (χ0v) is 16.7. The second-order valence-corrected chi connectivity index (χ2v) is 8.47. The normalized spacial score (nSPS) is 21.7. The van der Waals surface area contributed by atoms with Crippen LogP contribution in [0, 0.1) is 13.8 Å². The molecule has 1 aliphatic heterocycles. The van der Waals surface area contributed by atoms with E-state index in [0.717, 1.165) is 15.4 Å². The molecule has 1 saturated heterocycles. The van der Waals surface area contributed by atoms with Gasteiger partial charge < -0.3 is 14.6 Å². The average molecular weight is 399 g/mol. The fraction of sp³-hybridized carbons (Fsp3) is 0.556. The van der Waals surface area contributed by atoms with Gasteiger partial charge in [-0.15, -0.1) is 0 Å². The van der Waals surface area contributed by atoms with Gasteiger partial charge in [0.15, 0.2) is 6.10 Å². The van der Waals surface area contributed by atoms with Crippen LogP contribution in [0.25, 0.3) is 0 Å². The molecule has 1 aromatic rings. The third-order valence-corrected chi connectivity index (χ3v) is 6.55. The molecule has 0 spiro atoms. The van der Waals surface area contributed by atoms with Crippen molar-refractivity contribution in [2.75, 3.05) is 13.7 Å². The van der Waals surface area contributed by atoms with Crippen LogP contribution in [0.1, 0.15) is 30.9 Å². The van der Waals surface area contributed by atoms with Crippen LogP contribution < -0.4 is 0 Å². The van der Waals surface area contributed by atoms with Crippen LogP contribution >= 0.6 is 0 Å². The highest BCUT2D eigenvalue weighted by molar-refractivity contribution is 7.89. The van der Waals surface area contributed by atoms with E-state index in [1.165, 1.54) is 19.2 Å². The average Bonchev–Trinajstić information content (AvgIpc) is 3.03. The van der Waals surface area contributed by atoms with Crippen molar-refractivity contribution in [1.29, 1.82) is 0 Å². The first-order valence-electron chi connectivity index (χ1n) is 8.67. The highest BCUT2D eigenvalue weighted by Crippen LogP contribution is 2.28. The Morgan fingerprint density at radius 2 is 1.96 bits per heavy atom. The highest BCUT2D eigenvalue weighted by Gasteiger charge is 2.45. The van der Waals surface area contributed by atoms with Crippen LogP contribution in [-0.2, 0) is 29.1 Å². The van der Waals surface area contributed by atoms with Gasteiger partial charge >= 0.3 is 11.9 Å². The van der Waals surface area contributed by atoms with E-state index in [-0.39, 0.29) is 24.3 Å². The number of aryl methyl sites for hydroxylation is 2. The minimum atomic E-state index is -4.02. The molecular formula is C18H25NO7S. The molecule has 0 aromatic heterocycles. The van der Waals surface area contributed by atoms with E-state index in [1.54, 1.807) is 19.9 Å². The number of ether oxygens (including phenoxy) is 2. The molecule has 150 valence electrons. The zero-order chi connectivity index (χ0) is 20.4. The first-order chi connectivity index (χ1) is 12.6. The Bertz CT molecular complexity index is 821. The van der Waals surface area contributed by atoms with Crippen molar-refractivity contribution in [3.8, 4) is 0 Å². The lowest BCUT2D eigenvalue weighted by molar-refractivity contribution is -0.168. The minimum Gasteiger partial charge on any atom is -0.466 e. The molecule has 0 saturated carbocycles. The molecule has 1 aromatic carbocycles. The van der Waals surface area contributed by atoms with E-state index in [2.05, 4.69) is 4.74 Å². The lowest BCUT2D eigenvalue weighted by Gasteiger charge is -2.24. The monoisotopic (exact) mass is 399 g/mol. The first kappa shape index (κ1) is 21.3. The van der Waals surface area contributed by atoms with Crippen LogP contribution in [0.4, 0.5) is 0 Å². The topological polar surface area (TPSA) is 110 Å². The second-order valence-electron chi connectivity index (χ2n) is 6.58. The van der Waals surface area contributed by atoms with Crippen molar-refractivity contribution in [3.05, 3.63) is 29.3 Å². The standard InChI is InChI=1S/C18H25NO7S/c1-5-16(18(22)25-4)26-17(21)15-9-13(20)10-19(15)27(23,24)14-7-6-11(2)12(3)8-14/h6-8,13,15-16,20H,5,9-10H2,1-4H3/t13?,15-,16?/m0/s1. The van der Waals surface area contributed by atoms with Crippen LogP contribution in [0.3, 0.4) is 0 Å². The molecule has 1 N–H and O–H groups in total. The molecule has 0 aliphatic carbocycles. The third-order valence-electron chi connectivity index (χ3n) is 4.68. The number of nitrogens with zero attached hydrogens (tertiary/aromatic N) is 1. The van der Waals surface area contributed by atoms with E-state index in [4.69, 9.17) is 4.74 Å². The highest BCUT2D eigenvalue weighted by atomic mass is 32.2. The van der Waals surface area contributed by atoms with E-state index < -0.39 is 40.2 Å². The van der Waals surface area contributed by atoms with Gasteiger partial charge in [0.2, 0.25) is 10.0 Å². The Labute approximate surface area is 159 Å². The number of aliphatic hydroxyl groups excluding tert-OH is 1. The second kappa shape index (κ2) is 8.37. The van der Waals surface area contributed by atoms with Crippen LogP contribution in [-0.4, -0.2) is 61.7 Å². The maximum atomic E-state index is 13.0. The third kappa shape index (κ3) is 4.48. The predicted octanol–water partition coefficient (Wildman–Crippen LogP) is 0.922. The summed E-state index contributed by atoms with van der Waals surface area (Å²) in [5.74, 6) is -1.59. The number of rotatable bonds is 6. The number of esters is 2. The Morgan fingerprint density at radius 3 is 2.52 bits per heavy atom. The summed E-state index contributed by atoms with van der Waals surface area (Å²) < 4.78 is 36.7. The Morgan fingerprint density at radius 1 is 1.30 bits per heavy atom. The lowest BCUT2D eigenvalue weighted by atomic mass is 10.1. The van der Waals surface area contributed by atoms with Crippen LogP contribution in [0.15, 0.2) is 23.1 Å². The number of aliphatic hydroxyl groups is 1. The summed E-state index contributed by atoms with van der Waals surface area (Å²) in [5.41, 5.74) is 1.74. The van der Waals surface area contributed by atoms with Gasteiger partial charge in [0.1, 0.15) is 6.04 Å². The summed E-state index contributed by atoms with van der Waals surface area (Å²) in [6, 6.07) is 3.48. The van der Waals surface area contributed by atoms with E-state index in [1.807, 2.05) is 6.92 Å². The smallest absolute Gasteiger partial charge is 0.347 e. The van der Waals surface area contributed by atoms with Gasteiger partial charge in [-0.25, -0.2) is 13.2 Å². The molecule has 3 atom stereocenters. The Hall–Kier alpha value is -1.97. The summed E-state index contributed by atoms with van der Waals surface area (Å²) >= 11 is 0. The fourth-order valence-corrected chi connectivity index (χ4v) is 4.63. The molecule has 9 heteroatoms. The number of benzene rings is 1. The van der Waals surface area contributed by atoms with Gasteiger partial charge in [0, 0.05) is 13.0 Å². The fourth-order valence-electron chi connectivity index (χ4n) is 2.92. The number of sulfonamides is 1. The zero-order valence-electron chi connectivity index (χ0n) is 15.8. The van der Waals surface area contributed by atoms with Gasteiger partial charge in [0.25, 0.3) is 0 Å². The molecular weight excluding hydrogens is 374 g/mol. The van der Waals surface area contributed by atoms with Crippen molar-refractivity contribution >= 4 is 22.0 Å². The molecule has 1 aliphatic rings. The number of methoxy groups -OCH3 is 1. The van der Waals surface area contributed by atoms with Crippen molar-refractivity contribution in [2.45, 2.75) is 56.8 Å². The summed E-state index contributed by atoms with van der Waals surface area (Å²) in [6.07, 6.45) is -2.02. The SMILES string of the molecule is CCC(OC(=O)[C@@H]1CC(O)CN1S(=O)(=O)c1ccc(C)c(C)c1)C(=O)OC. The predicted molar refractivity (Wildman–Crippen MR) is 96.4 cm³/mol. The maximum absolute atomic E-state index is 13.0. The van der Waals surface area contributed by atoms with Crippen molar-refractivity contribution in [2.24, 2.45) is 0 Å². The minimum absolute atomic E-state index is 0.0394. The van der Waals surface area contributed by atoms with E-state index >= 15 is 0 Å².